The molecule has 4 heteroatoms. The van der Waals surface area contributed by atoms with Crippen LogP contribution in [0.25, 0.3) is 5.52 Å². The van der Waals surface area contributed by atoms with E-state index in [4.69, 9.17) is 0 Å². The summed E-state index contributed by atoms with van der Waals surface area (Å²) >= 11 is 3.37. The van der Waals surface area contributed by atoms with Gasteiger partial charge in [-0.25, -0.2) is 4.98 Å². The van der Waals surface area contributed by atoms with Crippen molar-refractivity contribution in [3.8, 4) is 0 Å². The number of nitrogens with zero attached hydrogens (tertiary/aromatic N) is 2. The van der Waals surface area contributed by atoms with Gasteiger partial charge < -0.3 is 9.51 Å². The standard InChI is InChI=1S/C9H9BrN2O/c1-6(13)9-11-4-8-3-2-7(10)5-12(8)9/h2-6,13H,1H3. The first kappa shape index (κ1) is 8.72. The van der Waals surface area contributed by atoms with E-state index in [9.17, 15) is 5.11 Å². The highest BCUT2D eigenvalue weighted by Crippen LogP contribution is 2.17. The van der Waals surface area contributed by atoms with Crippen LogP contribution < -0.4 is 0 Å². The molecule has 13 heavy (non-hydrogen) atoms. The molecule has 0 saturated carbocycles. The van der Waals surface area contributed by atoms with Gasteiger partial charge >= 0.3 is 0 Å². The van der Waals surface area contributed by atoms with Crippen LogP contribution in [0.4, 0.5) is 0 Å². The zero-order valence-electron chi connectivity index (χ0n) is 7.11. The first-order valence-electron chi connectivity index (χ1n) is 3.99. The Morgan fingerprint density at radius 3 is 3.00 bits per heavy atom. The zero-order chi connectivity index (χ0) is 9.42. The lowest BCUT2D eigenvalue weighted by atomic mass is 10.4. The summed E-state index contributed by atoms with van der Waals surface area (Å²) in [6.07, 6.45) is 3.09. The second-order valence-electron chi connectivity index (χ2n) is 2.93. The van der Waals surface area contributed by atoms with E-state index in [2.05, 4.69) is 20.9 Å². The first-order valence-corrected chi connectivity index (χ1v) is 4.78. The minimum absolute atomic E-state index is 0.545. The van der Waals surface area contributed by atoms with Crippen LogP contribution in [-0.2, 0) is 0 Å². The number of aromatic nitrogens is 2. The number of rotatable bonds is 1. The number of hydrogen-bond acceptors (Lipinski definition) is 2. The lowest BCUT2D eigenvalue weighted by Crippen LogP contribution is -1.98. The summed E-state index contributed by atoms with van der Waals surface area (Å²) in [5.41, 5.74) is 0.985. The highest BCUT2D eigenvalue weighted by Gasteiger charge is 2.08. The molecule has 0 bridgehead atoms. The molecule has 0 aliphatic rings. The molecule has 0 aliphatic carbocycles. The molecule has 0 fully saturated rings. The molecule has 1 atom stereocenters. The number of fused-ring (bicyclic) bond motifs is 1. The summed E-state index contributed by atoms with van der Waals surface area (Å²) in [6.45, 7) is 1.70. The predicted octanol–water partition coefficient (Wildman–Crippen LogP) is 2.15. The van der Waals surface area contributed by atoms with Crippen molar-refractivity contribution in [2.75, 3.05) is 0 Å². The van der Waals surface area contributed by atoms with Gasteiger partial charge in [0.05, 0.1) is 11.7 Å². The SMILES string of the molecule is CC(O)c1ncc2ccc(Br)cn12. The van der Waals surface area contributed by atoms with Crippen molar-refractivity contribution in [1.29, 1.82) is 0 Å². The molecular weight excluding hydrogens is 232 g/mol. The van der Waals surface area contributed by atoms with E-state index in [0.717, 1.165) is 9.99 Å². The molecular formula is C9H9BrN2O. The van der Waals surface area contributed by atoms with Gasteiger partial charge in [0, 0.05) is 10.7 Å². The Hall–Kier alpha value is -0.870. The Labute approximate surface area is 84.2 Å². The highest BCUT2D eigenvalue weighted by molar-refractivity contribution is 9.10. The van der Waals surface area contributed by atoms with Crippen LogP contribution in [0.5, 0.6) is 0 Å². The van der Waals surface area contributed by atoms with Crippen molar-refractivity contribution in [2.24, 2.45) is 0 Å². The quantitative estimate of drug-likeness (QED) is 0.830. The van der Waals surface area contributed by atoms with Crippen LogP contribution in [0.1, 0.15) is 18.9 Å². The monoisotopic (exact) mass is 240 g/mol. The average Bonchev–Trinajstić information content (AvgIpc) is 2.46. The summed E-state index contributed by atoms with van der Waals surface area (Å²) in [5, 5.41) is 9.40. The number of aliphatic hydroxyl groups is 1. The lowest BCUT2D eigenvalue weighted by molar-refractivity contribution is 0.188. The third kappa shape index (κ3) is 1.47. The van der Waals surface area contributed by atoms with E-state index >= 15 is 0 Å². The first-order chi connectivity index (χ1) is 6.18. The molecule has 0 aromatic carbocycles. The number of hydrogen-bond donors (Lipinski definition) is 1. The largest absolute Gasteiger partial charge is 0.385 e. The van der Waals surface area contributed by atoms with Crippen molar-refractivity contribution < 1.29 is 5.11 Å². The normalized spacial score (nSPS) is 13.5. The van der Waals surface area contributed by atoms with Gasteiger partial charge in [-0.2, -0.15) is 0 Å². The maximum absolute atomic E-state index is 9.40. The minimum atomic E-state index is -0.545. The van der Waals surface area contributed by atoms with E-state index in [1.165, 1.54) is 0 Å². The minimum Gasteiger partial charge on any atom is -0.385 e. The fourth-order valence-electron chi connectivity index (χ4n) is 1.29. The fourth-order valence-corrected chi connectivity index (χ4v) is 1.63. The third-order valence-electron chi connectivity index (χ3n) is 1.89. The van der Waals surface area contributed by atoms with Crippen LogP contribution in [0.15, 0.2) is 29.0 Å². The molecule has 0 amide bonds. The van der Waals surface area contributed by atoms with E-state index < -0.39 is 6.10 Å². The van der Waals surface area contributed by atoms with Crippen LogP contribution in [0.2, 0.25) is 0 Å². The Morgan fingerprint density at radius 2 is 2.31 bits per heavy atom. The zero-order valence-corrected chi connectivity index (χ0v) is 8.69. The summed E-state index contributed by atoms with van der Waals surface area (Å²) < 4.78 is 2.84. The average molecular weight is 241 g/mol. The molecule has 0 spiro atoms. The fraction of sp³-hybridized carbons (Fsp3) is 0.222. The number of pyridine rings is 1. The second-order valence-corrected chi connectivity index (χ2v) is 3.85. The van der Waals surface area contributed by atoms with Crippen LogP contribution in [-0.4, -0.2) is 14.5 Å². The molecule has 68 valence electrons. The maximum atomic E-state index is 9.40. The third-order valence-corrected chi connectivity index (χ3v) is 2.36. The van der Waals surface area contributed by atoms with Crippen molar-refractivity contribution in [1.82, 2.24) is 9.38 Å². The Kier molecular flexibility index (Phi) is 2.09. The molecule has 0 radical (unpaired) electrons. The van der Waals surface area contributed by atoms with Gasteiger partial charge in [0.15, 0.2) is 0 Å². The van der Waals surface area contributed by atoms with E-state index in [1.54, 1.807) is 13.1 Å². The predicted molar refractivity (Wildman–Crippen MR) is 53.5 cm³/mol. The summed E-state index contributed by atoms with van der Waals surface area (Å²) in [5.74, 6) is 0.663. The van der Waals surface area contributed by atoms with E-state index in [-0.39, 0.29) is 0 Å². The number of aliphatic hydroxyl groups excluding tert-OH is 1. The Bertz CT molecular complexity index is 436. The maximum Gasteiger partial charge on any atom is 0.141 e. The molecule has 3 nitrogen and oxygen atoms in total. The van der Waals surface area contributed by atoms with Gasteiger partial charge in [-0.05, 0) is 35.0 Å². The molecule has 1 N–H and O–H groups in total. The molecule has 2 heterocycles. The van der Waals surface area contributed by atoms with Gasteiger partial charge in [0.2, 0.25) is 0 Å². The topological polar surface area (TPSA) is 37.5 Å². The van der Waals surface area contributed by atoms with Crippen molar-refractivity contribution in [2.45, 2.75) is 13.0 Å². The van der Waals surface area contributed by atoms with Gasteiger partial charge in [0.1, 0.15) is 11.9 Å². The molecule has 2 aromatic rings. The van der Waals surface area contributed by atoms with Gasteiger partial charge in [-0.3, -0.25) is 0 Å². The number of halogens is 1. The van der Waals surface area contributed by atoms with Crippen LogP contribution >= 0.6 is 15.9 Å². The molecule has 1 unspecified atom stereocenters. The Morgan fingerprint density at radius 1 is 1.54 bits per heavy atom. The smallest absolute Gasteiger partial charge is 0.141 e. The van der Waals surface area contributed by atoms with E-state index in [0.29, 0.717) is 5.82 Å². The van der Waals surface area contributed by atoms with Gasteiger partial charge in [-0.15, -0.1) is 0 Å². The highest BCUT2D eigenvalue weighted by atomic mass is 79.9. The van der Waals surface area contributed by atoms with E-state index in [1.807, 2.05) is 22.7 Å². The molecule has 0 aliphatic heterocycles. The Balaban J connectivity index is 2.71. The van der Waals surface area contributed by atoms with Gasteiger partial charge in [-0.1, -0.05) is 0 Å². The van der Waals surface area contributed by atoms with Gasteiger partial charge in [0.25, 0.3) is 0 Å². The lowest BCUT2D eigenvalue weighted by Gasteiger charge is -2.03. The molecule has 2 aromatic heterocycles. The molecule has 0 saturated heterocycles. The van der Waals surface area contributed by atoms with Crippen LogP contribution in [0, 0.1) is 0 Å². The van der Waals surface area contributed by atoms with Crippen molar-refractivity contribution >= 4 is 21.4 Å². The summed E-state index contributed by atoms with van der Waals surface area (Å²) in [6, 6.07) is 3.89. The summed E-state index contributed by atoms with van der Waals surface area (Å²) in [4.78, 5) is 4.13. The second kappa shape index (κ2) is 3.12. The van der Waals surface area contributed by atoms with Crippen molar-refractivity contribution in [3.63, 3.8) is 0 Å². The summed E-state index contributed by atoms with van der Waals surface area (Å²) in [7, 11) is 0. The van der Waals surface area contributed by atoms with Crippen LogP contribution in [0.3, 0.4) is 0 Å². The molecule has 2 rings (SSSR count). The number of imidazole rings is 1. The van der Waals surface area contributed by atoms with Crippen molar-refractivity contribution in [3.05, 3.63) is 34.8 Å².